The van der Waals surface area contributed by atoms with Gasteiger partial charge in [-0.25, -0.2) is 9.78 Å². The molecule has 0 aliphatic heterocycles. The number of ether oxygens (including phenoxy) is 1. The van der Waals surface area contributed by atoms with Crippen molar-refractivity contribution in [3.05, 3.63) is 35.3 Å². The van der Waals surface area contributed by atoms with Crippen LogP contribution in [-0.2, 0) is 4.79 Å². The van der Waals surface area contributed by atoms with Gasteiger partial charge in [-0.05, 0) is 25.1 Å². The van der Waals surface area contributed by atoms with Crippen LogP contribution in [0.25, 0.3) is 11.3 Å². The number of benzene rings is 1. The van der Waals surface area contributed by atoms with Crippen LogP contribution in [0.4, 0.5) is 0 Å². The molecule has 0 saturated carbocycles. The third kappa shape index (κ3) is 2.70. The van der Waals surface area contributed by atoms with Gasteiger partial charge in [0.1, 0.15) is 17.7 Å². The van der Waals surface area contributed by atoms with Crippen molar-refractivity contribution in [2.75, 3.05) is 0 Å². The molecule has 94 valence electrons. The lowest BCUT2D eigenvalue weighted by Crippen LogP contribution is -2.23. The predicted octanol–water partition coefficient (Wildman–Crippen LogP) is 2.96. The SMILES string of the molecule is C[C@H](Oc1ccc(Br)cc1-c1cocn1)C(=O)O. The summed E-state index contributed by atoms with van der Waals surface area (Å²) in [5, 5.41) is 8.85. The average molecular weight is 312 g/mol. The van der Waals surface area contributed by atoms with Crippen molar-refractivity contribution in [1.82, 2.24) is 4.98 Å². The first-order valence-electron chi connectivity index (χ1n) is 5.15. The van der Waals surface area contributed by atoms with E-state index < -0.39 is 12.1 Å². The van der Waals surface area contributed by atoms with Gasteiger partial charge < -0.3 is 14.3 Å². The quantitative estimate of drug-likeness (QED) is 0.939. The van der Waals surface area contributed by atoms with Crippen molar-refractivity contribution in [2.24, 2.45) is 0 Å². The van der Waals surface area contributed by atoms with Gasteiger partial charge >= 0.3 is 5.97 Å². The lowest BCUT2D eigenvalue weighted by molar-refractivity contribution is -0.144. The Bertz CT molecular complexity index is 553. The number of aromatic nitrogens is 1. The second-order valence-corrected chi connectivity index (χ2v) is 4.53. The van der Waals surface area contributed by atoms with Gasteiger partial charge in [-0.3, -0.25) is 0 Å². The summed E-state index contributed by atoms with van der Waals surface area (Å²) in [4.78, 5) is 14.8. The van der Waals surface area contributed by atoms with Crippen molar-refractivity contribution >= 4 is 21.9 Å². The summed E-state index contributed by atoms with van der Waals surface area (Å²) >= 11 is 3.35. The molecule has 1 aromatic heterocycles. The smallest absolute Gasteiger partial charge is 0.344 e. The van der Waals surface area contributed by atoms with Gasteiger partial charge in [-0.1, -0.05) is 15.9 Å². The number of carbonyl (C=O) groups is 1. The van der Waals surface area contributed by atoms with Crippen LogP contribution in [0.15, 0.2) is 39.7 Å². The predicted molar refractivity (Wildman–Crippen MR) is 67.4 cm³/mol. The summed E-state index contributed by atoms with van der Waals surface area (Å²) in [5.41, 5.74) is 1.26. The average Bonchev–Trinajstić information content (AvgIpc) is 2.84. The van der Waals surface area contributed by atoms with Gasteiger partial charge in [0.05, 0.1) is 0 Å². The summed E-state index contributed by atoms with van der Waals surface area (Å²) in [6, 6.07) is 5.25. The number of rotatable bonds is 4. The summed E-state index contributed by atoms with van der Waals surface area (Å²) in [6.07, 6.45) is 1.84. The first kappa shape index (κ1) is 12.6. The molecule has 0 unspecified atom stereocenters. The number of nitrogens with zero attached hydrogens (tertiary/aromatic N) is 1. The van der Waals surface area contributed by atoms with E-state index in [1.165, 1.54) is 19.6 Å². The fourth-order valence-corrected chi connectivity index (χ4v) is 1.75. The molecule has 1 atom stereocenters. The van der Waals surface area contributed by atoms with E-state index in [4.69, 9.17) is 14.3 Å². The fourth-order valence-electron chi connectivity index (χ4n) is 1.39. The molecule has 0 radical (unpaired) electrons. The highest BCUT2D eigenvalue weighted by molar-refractivity contribution is 9.10. The van der Waals surface area contributed by atoms with E-state index >= 15 is 0 Å². The zero-order valence-corrected chi connectivity index (χ0v) is 11.0. The molecule has 5 nitrogen and oxygen atoms in total. The Hall–Kier alpha value is -1.82. The van der Waals surface area contributed by atoms with Crippen LogP contribution in [0.1, 0.15) is 6.92 Å². The van der Waals surface area contributed by atoms with Gasteiger partial charge in [0.2, 0.25) is 0 Å². The Kier molecular flexibility index (Phi) is 3.66. The monoisotopic (exact) mass is 311 g/mol. The second kappa shape index (κ2) is 5.22. The first-order valence-corrected chi connectivity index (χ1v) is 5.95. The van der Waals surface area contributed by atoms with E-state index in [-0.39, 0.29) is 0 Å². The van der Waals surface area contributed by atoms with E-state index in [0.29, 0.717) is 17.0 Å². The van der Waals surface area contributed by atoms with E-state index in [2.05, 4.69) is 20.9 Å². The zero-order chi connectivity index (χ0) is 13.1. The highest BCUT2D eigenvalue weighted by atomic mass is 79.9. The Morgan fingerprint density at radius 2 is 2.33 bits per heavy atom. The van der Waals surface area contributed by atoms with Gasteiger partial charge in [-0.15, -0.1) is 0 Å². The summed E-state index contributed by atoms with van der Waals surface area (Å²) < 4.78 is 11.1. The largest absolute Gasteiger partial charge is 0.479 e. The van der Waals surface area contributed by atoms with Crippen LogP contribution in [0.5, 0.6) is 5.75 Å². The van der Waals surface area contributed by atoms with Crippen molar-refractivity contribution in [2.45, 2.75) is 13.0 Å². The molecule has 0 spiro atoms. The van der Waals surface area contributed by atoms with E-state index in [1.54, 1.807) is 18.2 Å². The van der Waals surface area contributed by atoms with Crippen LogP contribution >= 0.6 is 15.9 Å². The van der Waals surface area contributed by atoms with Crippen LogP contribution < -0.4 is 4.74 Å². The molecule has 2 aromatic rings. The lowest BCUT2D eigenvalue weighted by Gasteiger charge is -2.13. The third-order valence-corrected chi connectivity index (χ3v) is 2.79. The first-order chi connectivity index (χ1) is 8.58. The molecule has 0 amide bonds. The van der Waals surface area contributed by atoms with E-state index in [9.17, 15) is 4.79 Å². The van der Waals surface area contributed by atoms with Crippen LogP contribution in [0.3, 0.4) is 0 Å². The standard InChI is InChI=1S/C12H10BrNO4/c1-7(12(15)16)18-11-3-2-8(13)4-9(11)10-5-17-6-14-10/h2-7H,1H3,(H,15,16)/t7-/m0/s1. The summed E-state index contributed by atoms with van der Waals surface area (Å²) in [6.45, 7) is 1.47. The molecule has 0 saturated heterocycles. The number of carboxylic acid groups (broad SMARTS) is 1. The number of hydrogen-bond acceptors (Lipinski definition) is 4. The highest BCUT2D eigenvalue weighted by Gasteiger charge is 2.16. The molecule has 1 heterocycles. The van der Waals surface area contributed by atoms with E-state index in [1.807, 2.05) is 0 Å². The van der Waals surface area contributed by atoms with Crippen LogP contribution in [0.2, 0.25) is 0 Å². The molecule has 6 heteroatoms. The maximum Gasteiger partial charge on any atom is 0.344 e. The maximum atomic E-state index is 10.8. The van der Waals surface area contributed by atoms with Gasteiger partial charge in [0.15, 0.2) is 12.5 Å². The molecule has 0 aliphatic carbocycles. The van der Waals surface area contributed by atoms with Gasteiger partial charge in [0.25, 0.3) is 0 Å². The van der Waals surface area contributed by atoms with Crippen LogP contribution in [-0.4, -0.2) is 22.2 Å². The van der Waals surface area contributed by atoms with Gasteiger partial charge in [0, 0.05) is 10.0 Å². The number of halogens is 1. The Balaban J connectivity index is 2.38. The second-order valence-electron chi connectivity index (χ2n) is 3.61. The molecule has 18 heavy (non-hydrogen) atoms. The summed E-state index contributed by atoms with van der Waals surface area (Å²) in [7, 11) is 0. The lowest BCUT2D eigenvalue weighted by atomic mass is 10.1. The van der Waals surface area contributed by atoms with Crippen molar-refractivity contribution in [1.29, 1.82) is 0 Å². The zero-order valence-electron chi connectivity index (χ0n) is 9.46. The Morgan fingerprint density at radius 1 is 1.56 bits per heavy atom. The Labute approximate surface area is 112 Å². The van der Waals surface area contributed by atoms with Crippen molar-refractivity contribution in [3.63, 3.8) is 0 Å². The molecular formula is C12H10BrNO4. The molecule has 2 rings (SSSR count). The number of hydrogen-bond donors (Lipinski definition) is 1. The molecule has 0 fully saturated rings. The molecule has 1 aromatic carbocycles. The topological polar surface area (TPSA) is 72.6 Å². The normalized spacial score (nSPS) is 12.1. The molecule has 0 aliphatic rings. The Morgan fingerprint density at radius 3 is 2.94 bits per heavy atom. The van der Waals surface area contributed by atoms with Crippen LogP contribution in [0, 0.1) is 0 Å². The number of oxazole rings is 1. The third-order valence-electron chi connectivity index (χ3n) is 2.30. The highest BCUT2D eigenvalue weighted by Crippen LogP contribution is 2.32. The minimum absolute atomic E-state index is 0.446. The van der Waals surface area contributed by atoms with Gasteiger partial charge in [-0.2, -0.15) is 0 Å². The molecule has 1 N–H and O–H groups in total. The van der Waals surface area contributed by atoms with E-state index in [0.717, 1.165) is 4.47 Å². The number of aliphatic carboxylic acids is 1. The maximum absolute atomic E-state index is 10.8. The van der Waals surface area contributed by atoms with Crippen molar-refractivity contribution < 1.29 is 19.1 Å². The number of carboxylic acids is 1. The summed E-state index contributed by atoms with van der Waals surface area (Å²) in [5.74, 6) is -0.578. The molecule has 0 bridgehead atoms. The van der Waals surface area contributed by atoms with Crippen molar-refractivity contribution in [3.8, 4) is 17.0 Å². The minimum Gasteiger partial charge on any atom is -0.479 e. The molecular weight excluding hydrogens is 302 g/mol. The fraction of sp³-hybridized carbons (Fsp3) is 0.167. The minimum atomic E-state index is -1.02.